The molecule has 2 atom stereocenters. The number of hydrogen-bond acceptors (Lipinski definition) is 5. The molecule has 0 radical (unpaired) electrons. The number of amides is 2. The zero-order valence-corrected chi connectivity index (χ0v) is 20.4. The van der Waals surface area contributed by atoms with E-state index in [2.05, 4.69) is 19.2 Å². The SMILES string of the molecule is CC(C)c1ccccc1NC(=O)COC(=O)c1ccc(OCC(=O)N2[C@@H](C)CCC[C@@H]2C)cc1. The number of benzene rings is 2. The van der Waals surface area contributed by atoms with Gasteiger partial charge in [-0.25, -0.2) is 4.79 Å². The number of anilines is 1. The third-order valence-corrected chi connectivity index (χ3v) is 6.13. The van der Waals surface area contributed by atoms with E-state index in [4.69, 9.17) is 9.47 Å². The summed E-state index contributed by atoms with van der Waals surface area (Å²) in [6, 6.07) is 14.3. The molecule has 1 fully saturated rings. The first kappa shape index (κ1) is 25.3. The fourth-order valence-electron chi connectivity index (χ4n) is 4.33. The number of carbonyl (C=O) groups is 3. The van der Waals surface area contributed by atoms with Crippen LogP contribution in [0.3, 0.4) is 0 Å². The van der Waals surface area contributed by atoms with Crippen LogP contribution in [0.5, 0.6) is 5.75 Å². The summed E-state index contributed by atoms with van der Waals surface area (Å²) in [6.45, 7) is 7.79. The van der Waals surface area contributed by atoms with E-state index in [1.807, 2.05) is 43.0 Å². The Morgan fingerprint density at radius 3 is 2.26 bits per heavy atom. The molecule has 1 saturated heterocycles. The van der Waals surface area contributed by atoms with Crippen molar-refractivity contribution in [3.05, 3.63) is 59.7 Å². The Morgan fingerprint density at radius 2 is 1.62 bits per heavy atom. The van der Waals surface area contributed by atoms with Crippen LogP contribution in [-0.2, 0) is 14.3 Å². The molecule has 0 aliphatic carbocycles. The van der Waals surface area contributed by atoms with Gasteiger partial charge in [0.2, 0.25) is 0 Å². The summed E-state index contributed by atoms with van der Waals surface area (Å²) in [7, 11) is 0. The van der Waals surface area contributed by atoms with Crippen molar-refractivity contribution in [2.75, 3.05) is 18.5 Å². The average molecular weight is 467 g/mol. The second-order valence-electron chi connectivity index (χ2n) is 9.11. The van der Waals surface area contributed by atoms with E-state index in [1.165, 1.54) is 0 Å². The lowest BCUT2D eigenvalue weighted by Gasteiger charge is -2.38. The van der Waals surface area contributed by atoms with E-state index in [0.29, 0.717) is 17.0 Å². The first-order chi connectivity index (χ1) is 16.3. The third-order valence-electron chi connectivity index (χ3n) is 6.13. The Hall–Kier alpha value is -3.35. The first-order valence-corrected chi connectivity index (χ1v) is 11.9. The van der Waals surface area contributed by atoms with Crippen molar-refractivity contribution in [1.82, 2.24) is 4.90 Å². The smallest absolute Gasteiger partial charge is 0.338 e. The molecule has 0 saturated carbocycles. The quantitative estimate of drug-likeness (QED) is 0.566. The van der Waals surface area contributed by atoms with Gasteiger partial charge in [-0.05, 0) is 74.9 Å². The van der Waals surface area contributed by atoms with Crippen molar-refractivity contribution in [2.24, 2.45) is 0 Å². The van der Waals surface area contributed by atoms with E-state index < -0.39 is 11.9 Å². The Kier molecular flexibility index (Phi) is 8.68. The Morgan fingerprint density at radius 1 is 0.971 bits per heavy atom. The minimum atomic E-state index is -0.606. The van der Waals surface area contributed by atoms with E-state index in [-0.39, 0.29) is 37.1 Å². The van der Waals surface area contributed by atoms with E-state index in [0.717, 1.165) is 24.8 Å². The molecule has 3 rings (SSSR count). The molecule has 0 unspecified atom stereocenters. The number of hydrogen-bond donors (Lipinski definition) is 1. The van der Waals surface area contributed by atoms with Gasteiger partial charge in [0, 0.05) is 17.8 Å². The Balaban J connectivity index is 1.47. The Bertz CT molecular complexity index is 992. The summed E-state index contributed by atoms with van der Waals surface area (Å²) in [5.41, 5.74) is 2.02. The Labute approximate surface area is 201 Å². The maximum absolute atomic E-state index is 12.6. The zero-order valence-electron chi connectivity index (χ0n) is 20.4. The summed E-state index contributed by atoms with van der Waals surface area (Å²) in [6.07, 6.45) is 3.15. The van der Waals surface area contributed by atoms with Gasteiger partial charge >= 0.3 is 5.97 Å². The van der Waals surface area contributed by atoms with Crippen molar-refractivity contribution >= 4 is 23.5 Å². The van der Waals surface area contributed by atoms with Crippen molar-refractivity contribution in [3.63, 3.8) is 0 Å². The van der Waals surface area contributed by atoms with Gasteiger partial charge in [0.25, 0.3) is 11.8 Å². The maximum atomic E-state index is 12.6. The highest BCUT2D eigenvalue weighted by Crippen LogP contribution is 2.24. The van der Waals surface area contributed by atoms with Gasteiger partial charge in [0.15, 0.2) is 13.2 Å². The van der Waals surface area contributed by atoms with Crippen molar-refractivity contribution in [1.29, 1.82) is 0 Å². The zero-order chi connectivity index (χ0) is 24.7. The molecule has 0 bridgehead atoms. The normalized spacial score (nSPS) is 17.9. The molecule has 2 amide bonds. The van der Waals surface area contributed by atoms with Gasteiger partial charge in [0.1, 0.15) is 5.75 Å². The summed E-state index contributed by atoms with van der Waals surface area (Å²) in [5, 5.41) is 2.80. The fraction of sp³-hybridized carbons (Fsp3) is 0.444. The molecule has 0 aromatic heterocycles. The third kappa shape index (κ3) is 6.59. The number of esters is 1. The number of para-hydroxylation sites is 1. The molecular weight excluding hydrogens is 432 g/mol. The van der Waals surface area contributed by atoms with Gasteiger partial charge in [-0.2, -0.15) is 0 Å². The summed E-state index contributed by atoms with van der Waals surface area (Å²) in [5.74, 6) is -0.299. The van der Waals surface area contributed by atoms with Crippen molar-refractivity contribution in [2.45, 2.75) is 65.0 Å². The number of piperidine rings is 1. The van der Waals surface area contributed by atoms with Crippen molar-refractivity contribution in [3.8, 4) is 5.75 Å². The first-order valence-electron chi connectivity index (χ1n) is 11.9. The van der Waals surface area contributed by atoms with Crippen LogP contribution in [0.1, 0.15) is 68.8 Å². The number of nitrogens with one attached hydrogen (secondary N) is 1. The van der Waals surface area contributed by atoms with Crippen LogP contribution >= 0.6 is 0 Å². The van der Waals surface area contributed by atoms with Crippen LogP contribution < -0.4 is 10.1 Å². The molecule has 1 aliphatic rings. The molecule has 2 aromatic rings. The lowest BCUT2D eigenvalue weighted by molar-refractivity contribution is -0.139. The lowest BCUT2D eigenvalue weighted by atomic mass is 9.97. The van der Waals surface area contributed by atoms with E-state index in [9.17, 15) is 14.4 Å². The van der Waals surface area contributed by atoms with Crippen LogP contribution in [0.4, 0.5) is 5.69 Å². The van der Waals surface area contributed by atoms with Crippen molar-refractivity contribution < 1.29 is 23.9 Å². The predicted octanol–water partition coefficient (Wildman–Crippen LogP) is 4.77. The second-order valence-corrected chi connectivity index (χ2v) is 9.11. The molecule has 7 heteroatoms. The maximum Gasteiger partial charge on any atom is 0.338 e. The number of likely N-dealkylation sites (tertiary alicyclic amines) is 1. The number of carbonyl (C=O) groups excluding carboxylic acids is 3. The van der Waals surface area contributed by atoms with Crippen LogP contribution in [-0.4, -0.2) is 48.0 Å². The minimum Gasteiger partial charge on any atom is -0.484 e. The summed E-state index contributed by atoms with van der Waals surface area (Å²) in [4.78, 5) is 39.1. The molecule has 1 aliphatic heterocycles. The van der Waals surface area contributed by atoms with Crippen LogP contribution in [0.2, 0.25) is 0 Å². The molecule has 2 aromatic carbocycles. The van der Waals surface area contributed by atoms with E-state index in [1.54, 1.807) is 24.3 Å². The molecular formula is C27H34N2O5. The van der Waals surface area contributed by atoms with Gasteiger partial charge in [-0.3, -0.25) is 9.59 Å². The fourth-order valence-corrected chi connectivity index (χ4v) is 4.33. The highest BCUT2D eigenvalue weighted by Gasteiger charge is 2.29. The van der Waals surface area contributed by atoms with Crippen LogP contribution in [0.25, 0.3) is 0 Å². The molecule has 7 nitrogen and oxygen atoms in total. The largest absolute Gasteiger partial charge is 0.484 e. The molecule has 182 valence electrons. The standard InChI is InChI=1S/C27H34N2O5/c1-18(2)23-10-5-6-11-24(23)28-25(30)16-34-27(32)21-12-14-22(15-13-21)33-17-26(31)29-19(3)8-7-9-20(29)4/h5-6,10-15,18-20H,7-9,16-17H2,1-4H3,(H,28,30)/t19-,20-/m0/s1. The molecule has 34 heavy (non-hydrogen) atoms. The molecule has 0 spiro atoms. The number of rotatable bonds is 8. The molecule has 1 N–H and O–H groups in total. The lowest BCUT2D eigenvalue weighted by Crippen LogP contribution is -2.49. The monoisotopic (exact) mass is 466 g/mol. The second kappa shape index (κ2) is 11.7. The summed E-state index contributed by atoms with van der Waals surface area (Å²) < 4.78 is 10.8. The number of ether oxygens (including phenoxy) is 2. The average Bonchev–Trinajstić information content (AvgIpc) is 2.81. The predicted molar refractivity (Wildman–Crippen MR) is 131 cm³/mol. The molecule has 1 heterocycles. The van der Waals surface area contributed by atoms with Crippen LogP contribution in [0.15, 0.2) is 48.5 Å². The topological polar surface area (TPSA) is 84.9 Å². The van der Waals surface area contributed by atoms with Gasteiger partial charge in [-0.15, -0.1) is 0 Å². The van der Waals surface area contributed by atoms with E-state index >= 15 is 0 Å². The summed E-state index contributed by atoms with van der Waals surface area (Å²) >= 11 is 0. The highest BCUT2D eigenvalue weighted by atomic mass is 16.5. The van der Waals surface area contributed by atoms with Gasteiger partial charge < -0.3 is 19.7 Å². The minimum absolute atomic E-state index is 0.0340. The van der Waals surface area contributed by atoms with Gasteiger partial charge in [0.05, 0.1) is 5.56 Å². The highest BCUT2D eigenvalue weighted by molar-refractivity contribution is 5.96. The number of nitrogens with zero attached hydrogens (tertiary/aromatic N) is 1. The van der Waals surface area contributed by atoms with Crippen LogP contribution in [0, 0.1) is 0 Å². The van der Waals surface area contributed by atoms with Gasteiger partial charge in [-0.1, -0.05) is 32.0 Å².